The molecule has 0 bridgehead atoms. The van der Waals surface area contributed by atoms with Gasteiger partial charge in [-0.05, 0) is 25.2 Å². The van der Waals surface area contributed by atoms with E-state index < -0.39 is 16.1 Å². The highest BCUT2D eigenvalue weighted by Crippen LogP contribution is 2.52. The lowest BCUT2D eigenvalue weighted by molar-refractivity contribution is -0.140. The number of amides is 2. The van der Waals surface area contributed by atoms with E-state index in [4.69, 9.17) is 8.22 Å². The molecule has 4 unspecified atom stereocenters. The SMILES string of the molecule is [3H]CCC[Si](CCC[3H])(CCC[3H])CCC1CC(CC[Si](CCC[3H])(CCC[3H])CCC[3H])C2C(=O)N(CC)C(=O)C12. The Hall–Kier alpha value is -0.426. The average Bonchev–Trinajstić information content (AvgIpc) is 3.50. The van der Waals surface area contributed by atoms with E-state index in [0.717, 1.165) is 106 Å². The average molecular weight is 548 g/mol. The van der Waals surface area contributed by atoms with Crippen molar-refractivity contribution in [3.8, 4) is 0 Å². The molecule has 1 saturated carbocycles. The van der Waals surface area contributed by atoms with Gasteiger partial charge in [0, 0.05) is 14.8 Å². The van der Waals surface area contributed by atoms with Crippen LogP contribution < -0.4 is 0 Å². The number of carbonyl (C=O) groups is 2. The van der Waals surface area contributed by atoms with Crippen LogP contribution in [0.3, 0.4) is 0 Å². The molecule has 3 nitrogen and oxygen atoms in total. The molecule has 1 saturated heterocycles. The summed E-state index contributed by atoms with van der Waals surface area (Å²) in [7, 11) is -3.53. The van der Waals surface area contributed by atoms with E-state index in [1.165, 1.54) is 4.90 Å². The third kappa shape index (κ3) is 7.36. The van der Waals surface area contributed by atoms with Gasteiger partial charge in [0.25, 0.3) is 0 Å². The summed E-state index contributed by atoms with van der Waals surface area (Å²) in [5.74, 6) is 0.100. The van der Waals surface area contributed by atoms with Crippen molar-refractivity contribution in [1.82, 2.24) is 4.90 Å². The first-order valence-corrected chi connectivity index (χ1v) is 20.6. The molecule has 2 fully saturated rings. The maximum Gasteiger partial charge on any atom is 0.233 e. The van der Waals surface area contributed by atoms with Gasteiger partial charge in [-0.1, -0.05) is 141 Å². The fourth-order valence-electron chi connectivity index (χ4n) is 8.09. The summed E-state index contributed by atoms with van der Waals surface area (Å²) in [5, 5.41) is 0. The molecule has 36 heavy (non-hydrogen) atoms. The molecule has 0 aromatic carbocycles. The lowest BCUT2D eigenvalue weighted by Crippen LogP contribution is -2.36. The van der Waals surface area contributed by atoms with Crippen molar-refractivity contribution < 1.29 is 17.8 Å². The monoisotopic (exact) mass is 547 g/mol. The van der Waals surface area contributed by atoms with Gasteiger partial charge in [0.1, 0.15) is 0 Å². The van der Waals surface area contributed by atoms with Crippen molar-refractivity contribution in [3.63, 3.8) is 0 Å². The first-order chi connectivity index (χ1) is 20.3. The number of hydrogen-bond acceptors (Lipinski definition) is 2. The van der Waals surface area contributed by atoms with Crippen LogP contribution in [0.1, 0.15) is 114 Å². The van der Waals surface area contributed by atoms with Gasteiger partial charge in [0.05, 0.1) is 28.0 Å². The van der Waals surface area contributed by atoms with Gasteiger partial charge in [-0.3, -0.25) is 14.5 Å². The Labute approximate surface area is 235 Å². The van der Waals surface area contributed by atoms with Gasteiger partial charge in [0.15, 0.2) is 0 Å². The highest BCUT2D eigenvalue weighted by Gasteiger charge is 2.58. The zero-order valence-electron chi connectivity index (χ0n) is 29.5. The van der Waals surface area contributed by atoms with E-state index >= 15 is 0 Å². The first kappa shape index (κ1) is 23.5. The Morgan fingerprint density at radius 2 is 0.972 bits per heavy atom. The summed E-state index contributed by atoms with van der Waals surface area (Å²) in [6.45, 7) is 4.91. The number of carbonyl (C=O) groups excluding carboxylic acids is 2. The fourth-order valence-corrected chi connectivity index (χ4v) is 17.6. The second kappa shape index (κ2) is 15.2. The Bertz CT molecular complexity index is 691. The van der Waals surface area contributed by atoms with Crippen LogP contribution >= 0.6 is 0 Å². The number of likely N-dealkylation sites (tertiary alicyclic amines) is 1. The first-order valence-electron chi connectivity index (χ1n) is 19.2. The Kier molecular flexibility index (Phi) is 9.93. The minimum atomic E-state index is -1.77. The molecule has 0 radical (unpaired) electrons. The molecular formula is C31H61NO2Si2. The highest BCUT2D eigenvalue weighted by atomic mass is 28.3. The van der Waals surface area contributed by atoms with Crippen LogP contribution in [0.25, 0.3) is 0 Å². The van der Waals surface area contributed by atoms with Crippen LogP contribution in [0, 0.1) is 23.7 Å². The topological polar surface area (TPSA) is 37.4 Å². The molecule has 1 heterocycles. The Morgan fingerprint density at radius 3 is 1.25 bits per heavy atom. The number of hydrogen-bond donors (Lipinski definition) is 0. The van der Waals surface area contributed by atoms with Gasteiger partial charge >= 0.3 is 0 Å². The quantitative estimate of drug-likeness (QED) is 0.119. The molecule has 0 aromatic rings. The predicted molar refractivity (Wildman–Crippen MR) is 162 cm³/mol. The molecular weight excluding hydrogens is 475 g/mol. The molecule has 0 spiro atoms. The molecule has 2 amide bonds. The van der Waals surface area contributed by atoms with E-state index in [1.807, 2.05) is 6.92 Å². The van der Waals surface area contributed by atoms with Gasteiger partial charge in [-0.15, -0.1) is 0 Å². The summed E-state index contributed by atoms with van der Waals surface area (Å²) in [4.78, 5) is 28.8. The van der Waals surface area contributed by atoms with Crippen molar-refractivity contribution in [2.75, 3.05) is 6.54 Å². The minimum Gasteiger partial charge on any atom is -0.282 e. The summed E-state index contributed by atoms with van der Waals surface area (Å²) in [5.41, 5.74) is 0. The van der Waals surface area contributed by atoms with Crippen molar-refractivity contribution >= 4 is 28.0 Å². The molecule has 5 heteroatoms. The largest absolute Gasteiger partial charge is 0.282 e. The van der Waals surface area contributed by atoms with Crippen LogP contribution in [0.15, 0.2) is 0 Å². The molecule has 210 valence electrons. The number of fused-ring (bicyclic) bond motifs is 1. The zero-order valence-corrected chi connectivity index (χ0v) is 25.5. The highest BCUT2D eigenvalue weighted by molar-refractivity contribution is 6.80. The molecule has 2 aliphatic rings. The number of imide groups is 1. The van der Waals surface area contributed by atoms with E-state index in [1.54, 1.807) is 0 Å². The van der Waals surface area contributed by atoms with Crippen molar-refractivity contribution in [1.29, 1.82) is 0 Å². The normalized spacial score (nSPS) is 26.9. The molecule has 2 rings (SSSR count). The number of rotatable bonds is 19. The van der Waals surface area contributed by atoms with Gasteiger partial charge in [-0.2, -0.15) is 0 Å². The van der Waals surface area contributed by atoms with Gasteiger partial charge in [0.2, 0.25) is 11.8 Å². The maximum atomic E-state index is 13.6. The molecule has 1 aliphatic heterocycles. The van der Waals surface area contributed by atoms with Crippen LogP contribution in [0.4, 0.5) is 0 Å². The molecule has 4 atom stereocenters. The lowest BCUT2D eigenvalue weighted by atomic mass is 9.87. The van der Waals surface area contributed by atoms with Crippen LogP contribution in [0.5, 0.6) is 0 Å². The van der Waals surface area contributed by atoms with E-state index in [-0.39, 0.29) is 35.5 Å². The van der Waals surface area contributed by atoms with E-state index in [2.05, 4.69) is 0 Å². The van der Waals surface area contributed by atoms with E-state index in [0.29, 0.717) is 47.9 Å². The summed E-state index contributed by atoms with van der Waals surface area (Å²) >= 11 is 0. The summed E-state index contributed by atoms with van der Waals surface area (Å²) in [6.07, 6.45) is 8.22. The van der Waals surface area contributed by atoms with Gasteiger partial charge in [-0.25, -0.2) is 0 Å². The summed E-state index contributed by atoms with van der Waals surface area (Å²) < 4.78 is 46.8. The fraction of sp³-hybridized carbons (Fsp3) is 0.935. The second-order valence-corrected chi connectivity index (χ2v) is 21.9. The minimum absolute atomic E-state index is 0.0388. The number of nitrogens with zero attached hydrogens (tertiary/aromatic N) is 1. The molecule has 0 N–H and O–H groups in total. The lowest BCUT2D eigenvalue weighted by Gasteiger charge is -2.34. The summed E-state index contributed by atoms with van der Waals surface area (Å²) in [6, 6.07) is 8.72. The zero-order chi connectivity index (χ0) is 31.0. The van der Waals surface area contributed by atoms with Crippen molar-refractivity contribution in [2.45, 2.75) is 154 Å². The molecule has 1 aliphatic carbocycles. The maximum absolute atomic E-state index is 13.6. The third-order valence-corrected chi connectivity index (χ3v) is 20.9. The second-order valence-electron chi connectivity index (χ2n) is 11.9. The van der Waals surface area contributed by atoms with Crippen LogP contribution in [0.2, 0.25) is 48.4 Å². The van der Waals surface area contributed by atoms with Crippen molar-refractivity contribution in [3.05, 3.63) is 0 Å². The van der Waals surface area contributed by atoms with Gasteiger partial charge < -0.3 is 0 Å². The Morgan fingerprint density at radius 1 is 0.639 bits per heavy atom. The molecule has 0 aromatic heterocycles. The van der Waals surface area contributed by atoms with E-state index in [9.17, 15) is 9.59 Å². The van der Waals surface area contributed by atoms with Crippen molar-refractivity contribution in [2.24, 2.45) is 23.7 Å². The smallest absolute Gasteiger partial charge is 0.233 e. The standard InChI is InChI=1S/C31H61NO2Si2/c1-8-17-35(18-9-2,19-10-3)23-15-26-25-27(29-28(26)30(33)32(14-7)31(29)34)16-24-36(20-11-4,21-12-5)22-13-6/h26-29H,8-25H2,1-7H3/i1T,2T,3T,4T,5T,6T. The predicted octanol–water partition coefficient (Wildman–Crippen LogP) is 9.38. The third-order valence-electron chi connectivity index (χ3n) is 9.76. The Balaban J connectivity index is 2.30. The van der Waals surface area contributed by atoms with Crippen LogP contribution in [-0.2, 0) is 9.59 Å². The van der Waals surface area contributed by atoms with Crippen LogP contribution in [-0.4, -0.2) is 39.4 Å².